The van der Waals surface area contributed by atoms with Gasteiger partial charge in [-0.2, -0.15) is 0 Å². The molecule has 1 aliphatic heterocycles. The first kappa shape index (κ1) is 18.6. The van der Waals surface area contributed by atoms with Gasteiger partial charge in [0.05, 0.1) is 11.7 Å². The quantitative estimate of drug-likeness (QED) is 0.438. The Morgan fingerprint density at radius 2 is 1.60 bits per heavy atom. The first-order chi connectivity index (χ1) is 14.8. The fourth-order valence-corrected chi connectivity index (χ4v) is 4.24. The van der Waals surface area contributed by atoms with Gasteiger partial charge < -0.3 is 14.6 Å². The van der Waals surface area contributed by atoms with Crippen LogP contribution in [0.25, 0.3) is 11.3 Å². The second kappa shape index (κ2) is 8.13. The van der Waals surface area contributed by atoms with Crippen LogP contribution in [-0.2, 0) is 6.54 Å². The Labute approximate surface area is 181 Å². The first-order valence-corrected chi connectivity index (χ1v) is 10.4. The number of thiocarbonyl (C=S) groups is 1. The van der Waals surface area contributed by atoms with Crippen LogP contribution >= 0.6 is 12.2 Å². The lowest BCUT2D eigenvalue weighted by Gasteiger charge is -2.26. The van der Waals surface area contributed by atoms with E-state index in [1.54, 1.807) is 0 Å². The van der Waals surface area contributed by atoms with E-state index in [1.165, 1.54) is 5.56 Å². The fraction of sp³-hybridized carbons (Fsp3) is 0.120. The molecule has 0 bridgehead atoms. The summed E-state index contributed by atoms with van der Waals surface area (Å²) in [6.45, 7) is 0.696. The van der Waals surface area contributed by atoms with Crippen molar-refractivity contribution in [3.05, 3.63) is 114 Å². The van der Waals surface area contributed by atoms with Crippen molar-refractivity contribution in [3.63, 3.8) is 0 Å². The van der Waals surface area contributed by atoms with E-state index in [-0.39, 0.29) is 12.1 Å². The van der Waals surface area contributed by atoms with E-state index in [0.29, 0.717) is 11.7 Å². The summed E-state index contributed by atoms with van der Waals surface area (Å²) in [6.07, 6.45) is 1.81. The van der Waals surface area contributed by atoms with E-state index in [2.05, 4.69) is 45.5 Å². The lowest BCUT2D eigenvalue weighted by atomic mass is 10.0. The zero-order valence-electron chi connectivity index (χ0n) is 16.3. The highest BCUT2D eigenvalue weighted by Gasteiger charge is 2.41. The Bertz CT molecular complexity index is 1130. The molecule has 5 rings (SSSR count). The topological polar surface area (TPSA) is 41.3 Å². The van der Waals surface area contributed by atoms with Gasteiger partial charge in [-0.1, -0.05) is 66.7 Å². The molecule has 2 aromatic heterocycles. The maximum atomic E-state index is 6.35. The molecular weight excluding hydrogens is 390 g/mol. The maximum Gasteiger partial charge on any atom is 0.170 e. The third-order valence-electron chi connectivity index (χ3n) is 5.37. The minimum Gasteiger partial charge on any atom is -0.459 e. The third kappa shape index (κ3) is 3.60. The van der Waals surface area contributed by atoms with E-state index in [4.69, 9.17) is 16.6 Å². The molecule has 0 radical (unpaired) electrons. The van der Waals surface area contributed by atoms with Crippen LogP contribution in [0.2, 0.25) is 0 Å². The molecular formula is C25H21N3OS. The van der Waals surface area contributed by atoms with Gasteiger partial charge in [0, 0.05) is 18.3 Å². The van der Waals surface area contributed by atoms with Crippen molar-refractivity contribution in [3.8, 4) is 11.3 Å². The molecule has 0 unspecified atom stereocenters. The van der Waals surface area contributed by atoms with E-state index >= 15 is 0 Å². The molecule has 0 amide bonds. The first-order valence-electron chi connectivity index (χ1n) is 9.97. The highest BCUT2D eigenvalue weighted by atomic mass is 32.1. The van der Waals surface area contributed by atoms with Crippen LogP contribution in [0.4, 0.5) is 0 Å². The van der Waals surface area contributed by atoms with E-state index in [9.17, 15) is 0 Å². The van der Waals surface area contributed by atoms with Gasteiger partial charge in [-0.3, -0.25) is 4.98 Å². The van der Waals surface area contributed by atoms with Crippen molar-refractivity contribution in [2.75, 3.05) is 0 Å². The predicted molar refractivity (Wildman–Crippen MR) is 122 cm³/mol. The summed E-state index contributed by atoms with van der Waals surface area (Å²) >= 11 is 5.74. The zero-order chi connectivity index (χ0) is 20.3. The normalized spacial score (nSPS) is 18.4. The van der Waals surface area contributed by atoms with Crippen LogP contribution < -0.4 is 5.32 Å². The molecule has 0 spiro atoms. The largest absolute Gasteiger partial charge is 0.459 e. The van der Waals surface area contributed by atoms with Gasteiger partial charge in [0.15, 0.2) is 5.11 Å². The second-order valence-corrected chi connectivity index (χ2v) is 7.69. The Balaban J connectivity index is 1.54. The molecule has 1 fully saturated rings. The molecule has 0 saturated carbocycles. The van der Waals surface area contributed by atoms with Gasteiger partial charge in [0.2, 0.25) is 0 Å². The van der Waals surface area contributed by atoms with Crippen LogP contribution in [0.3, 0.4) is 0 Å². The number of rotatable bonds is 5. The van der Waals surface area contributed by atoms with Crippen molar-refractivity contribution in [2.45, 2.75) is 18.6 Å². The lowest BCUT2D eigenvalue weighted by molar-refractivity contribution is 0.269. The van der Waals surface area contributed by atoms with Crippen LogP contribution in [0.1, 0.15) is 29.1 Å². The zero-order valence-corrected chi connectivity index (χ0v) is 17.1. The fourth-order valence-electron chi connectivity index (χ4n) is 3.93. The van der Waals surface area contributed by atoms with Crippen molar-refractivity contribution >= 4 is 17.3 Å². The summed E-state index contributed by atoms with van der Waals surface area (Å²) < 4.78 is 6.35. The molecule has 30 heavy (non-hydrogen) atoms. The van der Waals surface area contributed by atoms with Gasteiger partial charge in [-0.15, -0.1) is 0 Å². The van der Waals surface area contributed by atoms with E-state index in [0.717, 1.165) is 22.8 Å². The average Bonchev–Trinajstić information content (AvgIpc) is 3.41. The Hall–Kier alpha value is -3.44. The highest BCUT2D eigenvalue weighted by molar-refractivity contribution is 7.80. The Morgan fingerprint density at radius 3 is 2.33 bits per heavy atom. The minimum absolute atomic E-state index is 0.0859. The average molecular weight is 412 g/mol. The predicted octanol–water partition coefficient (Wildman–Crippen LogP) is 5.51. The Morgan fingerprint density at radius 1 is 0.867 bits per heavy atom. The van der Waals surface area contributed by atoms with E-state index < -0.39 is 0 Å². The van der Waals surface area contributed by atoms with Crippen LogP contribution in [-0.4, -0.2) is 15.0 Å². The molecule has 4 aromatic rings. The van der Waals surface area contributed by atoms with Crippen molar-refractivity contribution in [2.24, 2.45) is 0 Å². The van der Waals surface area contributed by atoms with Gasteiger partial charge in [-0.05, 0) is 42.0 Å². The number of hydrogen-bond donors (Lipinski definition) is 1. The van der Waals surface area contributed by atoms with Crippen LogP contribution in [0, 0.1) is 0 Å². The van der Waals surface area contributed by atoms with Gasteiger partial charge in [-0.25, -0.2) is 0 Å². The number of benzene rings is 2. The summed E-state index contributed by atoms with van der Waals surface area (Å²) in [7, 11) is 0. The summed E-state index contributed by atoms with van der Waals surface area (Å²) in [4.78, 5) is 6.78. The minimum atomic E-state index is -0.0925. The number of nitrogens with zero attached hydrogens (tertiary/aromatic N) is 2. The van der Waals surface area contributed by atoms with Crippen LogP contribution in [0.15, 0.2) is 102 Å². The monoisotopic (exact) mass is 411 g/mol. The highest BCUT2D eigenvalue weighted by Crippen LogP contribution is 2.41. The molecule has 2 aromatic carbocycles. The van der Waals surface area contributed by atoms with Gasteiger partial charge >= 0.3 is 0 Å². The van der Waals surface area contributed by atoms with Crippen molar-refractivity contribution in [1.82, 2.24) is 15.2 Å². The number of aromatic nitrogens is 1. The van der Waals surface area contributed by atoms with E-state index in [1.807, 2.05) is 66.9 Å². The molecule has 5 heteroatoms. The molecule has 3 heterocycles. The maximum absolute atomic E-state index is 6.35. The number of hydrogen-bond acceptors (Lipinski definition) is 3. The van der Waals surface area contributed by atoms with Gasteiger partial charge in [0.1, 0.15) is 17.6 Å². The summed E-state index contributed by atoms with van der Waals surface area (Å²) in [5.41, 5.74) is 3.20. The van der Waals surface area contributed by atoms with Crippen molar-refractivity contribution in [1.29, 1.82) is 0 Å². The third-order valence-corrected chi connectivity index (χ3v) is 5.72. The smallest absolute Gasteiger partial charge is 0.170 e. The molecule has 4 nitrogen and oxygen atoms in total. The van der Waals surface area contributed by atoms with Crippen molar-refractivity contribution < 1.29 is 4.42 Å². The molecule has 1 saturated heterocycles. The number of pyridine rings is 1. The summed E-state index contributed by atoms with van der Waals surface area (Å²) in [6, 6.07) is 30.4. The number of nitrogens with one attached hydrogen (secondary N) is 1. The SMILES string of the molecule is S=C1N[C@H](c2ccccn2)[C@@H](c2ccc(-c3ccccc3)o2)N1Cc1ccccc1. The number of furan rings is 1. The summed E-state index contributed by atoms with van der Waals surface area (Å²) in [5.74, 6) is 1.72. The van der Waals surface area contributed by atoms with Gasteiger partial charge in [0.25, 0.3) is 0 Å². The molecule has 1 aliphatic rings. The Kier molecular flexibility index (Phi) is 5.03. The molecule has 148 valence electrons. The standard InChI is InChI=1S/C25H21N3OS/c30-25-27-23(20-13-7-8-16-26-20)24(28(25)17-18-9-3-1-4-10-18)22-15-14-21(29-22)19-11-5-2-6-12-19/h1-16,23-24H,17H2,(H,27,30)/t23-,24-/m1/s1. The second-order valence-electron chi connectivity index (χ2n) is 7.31. The summed E-state index contributed by atoms with van der Waals surface area (Å²) in [5, 5.41) is 4.18. The molecule has 2 atom stereocenters. The molecule has 0 aliphatic carbocycles. The van der Waals surface area contributed by atoms with Crippen LogP contribution in [0.5, 0.6) is 0 Å². The lowest BCUT2D eigenvalue weighted by Crippen LogP contribution is -2.29. The molecule has 1 N–H and O–H groups in total.